The number of nitrogens with zero attached hydrogens (tertiary/aromatic N) is 2. The molecule has 0 bridgehead atoms. The van der Waals surface area contributed by atoms with E-state index in [0.717, 1.165) is 38.9 Å². The van der Waals surface area contributed by atoms with Crippen LogP contribution in [-0.2, 0) is 16.1 Å². The molecule has 1 N–H and O–H groups in total. The molecule has 0 fully saturated rings. The van der Waals surface area contributed by atoms with Gasteiger partial charge < -0.3 is 10.2 Å². The van der Waals surface area contributed by atoms with E-state index in [1.54, 1.807) is 16.7 Å². The van der Waals surface area contributed by atoms with E-state index in [4.69, 9.17) is 0 Å². The standard InChI is InChI=1S/C21H25N3O2S/c1-14-5-4-6-17(11-14)13-22-18(25)7-8-19(26)24-9-10-27-21-20(24)15(2)12-16(3)23-21/h4-6,11-12H,7-10,13H2,1-3H3,(H,22,25). The zero-order valence-corrected chi connectivity index (χ0v) is 16.9. The molecule has 0 aliphatic carbocycles. The minimum atomic E-state index is -0.102. The Morgan fingerprint density at radius 2 is 2.00 bits per heavy atom. The van der Waals surface area contributed by atoms with Gasteiger partial charge in [-0.15, -0.1) is 11.8 Å². The molecule has 3 rings (SSSR count). The quantitative estimate of drug-likeness (QED) is 0.858. The molecular weight excluding hydrogens is 358 g/mol. The largest absolute Gasteiger partial charge is 0.352 e. The first kappa shape index (κ1) is 19.4. The maximum atomic E-state index is 12.7. The van der Waals surface area contributed by atoms with Crippen molar-refractivity contribution >= 4 is 29.3 Å². The number of thioether (sulfide) groups is 1. The smallest absolute Gasteiger partial charge is 0.227 e. The van der Waals surface area contributed by atoms with Crippen LogP contribution in [0.15, 0.2) is 35.4 Å². The van der Waals surface area contributed by atoms with Crippen molar-refractivity contribution in [1.82, 2.24) is 10.3 Å². The monoisotopic (exact) mass is 383 g/mol. The van der Waals surface area contributed by atoms with Gasteiger partial charge in [-0.05, 0) is 38.0 Å². The topological polar surface area (TPSA) is 62.3 Å². The van der Waals surface area contributed by atoms with Crippen LogP contribution in [-0.4, -0.2) is 29.1 Å². The highest BCUT2D eigenvalue weighted by atomic mass is 32.2. The molecule has 1 aliphatic heterocycles. The number of hydrogen-bond donors (Lipinski definition) is 1. The Labute approximate surface area is 164 Å². The summed E-state index contributed by atoms with van der Waals surface area (Å²) in [6.45, 7) is 7.14. The third-order valence-electron chi connectivity index (χ3n) is 4.54. The van der Waals surface area contributed by atoms with Gasteiger partial charge in [0, 0.05) is 37.4 Å². The summed E-state index contributed by atoms with van der Waals surface area (Å²) in [6, 6.07) is 10.0. The number of benzene rings is 1. The molecule has 5 nitrogen and oxygen atoms in total. The summed E-state index contributed by atoms with van der Waals surface area (Å²) >= 11 is 1.69. The van der Waals surface area contributed by atoms with Gasteiger partial charge in [0.1, 0.15) is 5.03 Å². The molecule has 0 unspecified atom stereocenters. The first-order chi connectivity index (χ1) is 12.9. The number of fused-ring (bicyclic) bond motifs is 1. The van der Waals surface area contributed by atoms with Gasteiger partial charge in [-0.1, -0.05) is 29.8 Å². The molecule has 0 saturated carbocycles. The Morgan fingerprint density at radius 1 is 1.19 bits per heavy atom. The molecular formula is C21H25N3O2S. The summed E-state index contributed by atoms with van der Waals surface area (Å²) in [4.78, 5) is 31.2. The van der Waals surface area contributed by atoms with E-state index in [-0.39, 0.29) is 24.7 Å². The van der Waals surface area contributed by atoms with E-state index in [1.165, 1.54) is 0 Å². The number of pyridine rings is 1. The number of nitrogens with one attached hydrogen (secondary N) is 1. The summed E-state index contributed by atoms with van der Waals surface area (Å²) in [6.07, 6.45) is 0.402. The van der Waals surface area contributed by atoms with E-state index in [1.807, 2.05) is 51.1 Å². The summed E-state index contributed by atoms with van der Waals surface area (Å²) in [5.74, 6) is 0.708. The van der Waals surface area contributed by atoms with Crippen molar-refractivity contribution in [2.24, 2.45) is 0 Å². The fourth-order valence-electron chi connectivity index (χ4n) is 3.29. The molecule has 0 radical (unpaired) electrons. The van der Waals surface area contributed by atoms with Gasteiger partial charge in [0.05, 0.1) is 5.69 Å². The lowest BCUT2D eigenvalue weighted by molar-refractivity contribution is -0.125. The molecule has 1 aromatic carbocycles. The number of carbonyl (C=O) groups excluding carboxylic acids is 2. The normalized spacial score (nSPS) is 13.2. The molecule has 2 aromatic rings. The number of aryl methyl sites for hydroxylation is 3. The highest BCUT2D eigenvalue weighted by Gasteiger charge is 2.26. The predicted octanol–water partition coefficient (Wildman–Crippen LogP) is 3.54. The van der Waals surface area contributed by atoms with E-state index in [2.05, 4.69) is 10.3 Å². The summed E-state index contributed by atoms with van der Waals surface area (Å²) in [5, 5.41) is 3.81. The minimum Gasteiger partial charge on any atom is -0.352 e. The fourth-order valence-corrected chi connectivity index (χ4v) is 4.37. The average molecular weight is 384 g/mol. The average Bonchev–Trinajstić information content (AvgIpc) is 2.63. The van der Waals surface area contributed by atoms with Crippen molar-refractivity contribution in [2.75, 3.05) is 17.2 Å². The van der Waals surface area contributed by atoms with Crippen molar-refractivity contribution in [3.63, 3.8) is 0 Å². The number of hydrogen-bond acceptors (Lipinski definition) is 4. The molecule has 6 heteroatoms. The second-order valence-corrected chi connectivity index (χ2v) is 7.98. The zero-order valence-electron chi connectivity index (χ0n) is 16.0. The van der Waals surface area contributed by atoms with Crippen LogP contribution in [0, 0.1) is 20.8 Å². The van der Waals surface area contributed by atoms with Crippen LogP contribution in [0.25, 0.3) is 0 Å². The predicted molar refractivity (Wildman–Crippen MR) is 109 cm³/mol. The van der Waals surface area contributed by atoms with Crippen LogP contribution in [0.2, 0.25) is 0 Å². The van der Waals surface area contributed by atoms with Crippen LogP contribution in [0.4, 0.5) is 5.69 Å². The first-order valence-corrected chi connectivity index (χ1v) is 10.2. The summed E-state index contributed by atoms with van der Waals surface area (Å²) < 4.78 is 0. The molecule has 2 amide bonds. The third-order valence-corrected chi connectivity index (χ3v) is 5.49. The van der Waals surface area contributed by atoms with Crippen molar-refractivity contribution in [1.29, 1.82) is 0 Å². The lowest BCUT2D eigenvalue weighted by Crippen LogP contribution is -2.37. The number of aromatic nitrogens is 1. The van der Waals surface area contributed by atoms with Gasteiger partial charge in [-0.25, -0.2) is 4.98 Å². The van der Waals surface area contributed by atoms with Gasteiger partial charge in [-0.3, -0.25) is 9.59 Å². The van der Waals surface area contributed by atoms with Gasteiger partial charge in [0.2, 0.25) is 11.8 Å². The Morgan fingerprint density at radius 3 is 2.78 bits per heavy atom. The Balaban J connectivity index is 1.56. The van der Waals surface area contributed by atoms with Crippen molar-refractivity contribution in [3.05, 3.63) is 52.7 Å². The molecule has 0 atom stereocenters. The molecule has 0 saturated heterocycles. The highest BCUT2D eigenvalue weighted by Crippen LogP contribution is 2.36. The number of carbonyl (C=O) groups is 2. The number of anilines is 1. The van der Waals surface area contributed by atoms with E-state index < -0.39 is 0 Å². The maximum Gasteiger partial charge on any atom is 0.227 e. The van der Waals surface area contributed by atoms with Gasteiger partial charge in [0.25, 0.3) is 0 Å². The zero-order chi connectivity index (χ0) is 19.4. The Kier molecular flexibility index (Phi) is 6.16. The Bertz CT molecular complexity index is 867. The van der Waals surface area contributed by atoms with Crippen molar-refractivity contribution in [2.45, 2.75) is 45.2 Å². The van der Waals surface area contributed by atoms with E-state index >= 15 is 0 Å². The van der Waals surface area contributed by atoms with E-state index in [0.29, 0.717) is 13.1 Å². The summed E-state index contributed by atoms with van der Waals surface area (Å²) in [7, 11) is 0. The van der Waals surface area contributed by atoms with Crippen LogP contribution in [0.3, 0.4) is 0 Å². The van der Waals surface area contributed by atoms with Gasteiger partial charge in [-0.2, -0.15) is 0 Å². The number of rotatable bonds is 5. The molecule has 1 aliphatic rings. The van der Waals surface area contributed by atoms with Gasteiger partial charge >= 0.3 is 0 Å². The van der Waals surface area contributed by atoms with Crippen LogP contribution >= 0.6 is 11.8 Å². The first-order valence-electron chi connectivity index (χ1n) is 9.17. The molecule has 2 heterocycles. The minimum absolute atomic E-state index is 0.0176. The molecule has 1 aromatic heterocycles. The van der Waals surface area contributed by atoms with Crippen LogP contribution in [0.5, 0.6) is 0 Å². The Hall–Kier alpha value is -2.34. The molecule has 0 spiro atoms. The molecule has 27 heavy (non-hydrogen) atoms. The summed E-state index contributed by atoms with van der Waals surface area (Å²) in [5.41, 5.74) is 5.15. The molecule has 142 valence electrons. The van der Waals surface area contributed by atoms with E-state index in [9.17, 15) is 9.59 Å². The fraction of sp³-hybridized carbons (Fsp3) is 0.381. The van der Waals surface area contributed by atoms with Gasteiger partial charge in [0.15, 0.2) is 0 Å². The van der Waals surface area contributed by atoms with Crippen molar-refractivity contribution < 1.29 is 9.59 Å². The third kappa shape index (κ3) is 4.89. The van der Waals surface area contributed by atoms with Crippen LogP contribution < -0.4 is 10.2 Å². The number of amides is 2. The lowest BCUT2D eigenvalue weighted by Gasteiger charge is -2.30. The SMILES string of the molecule is Cc1cccc(CNC(=O)CCC(=O)N2CCSc3nc(C)cc(C)c32)c1. The second kappa shape index (κ2) is 8.57. The van der Waals surface area contributed by atoms with Crippen molar-refractivity contribution in [3.8, 4) is 0 Å². The maximum absolute atomic E-state index is 12.7. The lowest BCUT2D eigenvalue weighted by atomic mass is 10.1. The second-order valence-electron chi connectivity index (χ2n) is 6.89. The highest BCUT2D eigenvalue weighted by molar-refractivity contribution is 7.99. The van der Waals surface area contributed by atoms with Crippen LogP contribution in [0.1, 0.15) is 35.2 Å².